The summed E-state index contributed by atoms with van der Waals surface area (Å²) in [5.41, 5.74) is 0.668. The second-order valence-electron chi connectivity index (χ2n) is 4.83. The van der Waals surface area contributed by atoms with Crippen LogP contribution in [0.3, 0.4) is 0 Å². The normalized spacial score (nSPS) is 16.5. The molecule has 2 heterocycles. The number of nitrogens with one attached hydrogen (secondary N) is 1. The molecule has 3 rings (SSSR count). The smallest absolute Gasteiger partial charge is 0.356 e. The lowest BCUT2D eigenvalue weighted by molar-refractivity contribution is 0.0690. The number of aromatic carboxylic acids is 1. The van der Waals surface area contributed by atoms with Crippen molar-refractivity contribution in [2.75, 3.05) is 11.9 Å². The van der Waals surface area contributed by atoms with Crippen LogP contribution in [0.2, 0.25) is 0 Å². The highest BCUT2D eigenvalue weighted by molar-refractivity contribution is 5.92. The second kappa shape index (κ2) is 4.55. The van der Waals surface area contributed by atoms with E-state index >= 15 is 0 Å². The third kappa shape index (κ3) is 2.26. The molecule has 0 aromatic carbocycles. The molecule has 0 saturated heterocycles. The van der Waals surface area contributed by atoms with Gasteiger partial charge in [0.05, 0.1) is 6.10 Å². The molecule has 2 aromatic rings. The van der Waals surface area contributed by atoms with Gasteiger partial charge in [-0.25, -0.2) is 9.78 Å². The molecule has 1 aliphatic carbocycles. The number of aliphatic hydroxyl groups excluding tert-OH is 1. The van der Waals surface area contributed by atoms with E-state index in [1.807, 2.05) is 0 Å². The number of carbonyl (C=O) groups is 1. The highest BCUT2D eigenvalue weighted by Crippen LogP contribution is 2.32. The van der Waals surface area contributed by atoms with Crippen LogP contribution in [0.15, 0.2) is 24.4 Å². The monoisotopic (exact) mass is 261 g/mol. The summed E-state index contributed by atoms with van der Waals surface area (Å²) in [6, 6.07) is 5.30. The molecular weight excluding hydrogens is 246 g/mol. The number of anilines is 1. The van der Waals surface area contributed by atoms with Crippen molar-refractivity contribution in [1.82, 2.24) is 9.38 Å². The van der Waals surface area contributed by atoms with Crippen molar-refractivity contribution in [3.63, 3.8) is 0 Å². The lowest BCUT2D eigenvalue weighted by Gasteiger charge is -2.10. The molecule has 1 unspecified atom stereocenters. The third-order valence-electron chi connectivity index (χ3n) is 3.38. The number of rotatable bonds is 5. The van der Waals surface area contributed by atoms with E-state index in [0.29, 0.717) is 23.9 Å². The van der Waals surface area contributed by atoms with Crippen LogP contribution in [0.4, 0.5) is 5.82 Å². The van der Waals surface area contributed by atoms with Crippen molar-refractivity contribution in [2.45, 2.75) is 18.9 Å². The van der Waals surface area contributed by atoms with Gasteiger partial charge in [-0.2, -0.15) is 0 Å². The van der Waals surface area contributed by atoms with Crippen molar-refractivity contribution < 1.29 is 15.0 Å². The molecule has 2 aromatic heterocycles. The van der Waals surface area contributed by atoms with Gasteiger partial charge in [0.2, 0.25) is 0 Å². The number of nitrogens with zero attached hydrogens (tertiary/aromatic N) is 2. The van der Waals surface area contributed by atoms with Crippen molar-refractivity contribution in [2.24, 2.45) is 5.92 Å². The zero-order chi connectivity index (χ0) is 13.4. The zero-order valence-corrected chi connectivity index (χ0v) is 10.3. The van der Waals surface area contributed by atoms with Crippen LogP contribution in [-0.4, -0.2) is 38.2 Å². The van der Waals surface area contributed by atoms with E-state index in [9.17, 15) is 15.0 Å². The highest BCUT2D eigenvalue weighted by Gasteiger charge is 2.30. The maximum absolute atomic E-state index is 11.3. The van der Waals surface area contributed by atoms with Crippen molar-refractivity contribution in [1.29, 1.82) is 0 Å². The van der Waals surface area contributed by atoms with E-state index in [0.717, 1.165) is 12.8 Å². The maximum Gasteiger partial charge on any atom is 0.356 e. The zero-order valence-electron chi connectivity index (χ0n) is 10.3. The van der Waals surface area contributed by atoms with Crippen molar-refractivity contribution in [3.05, 3.63) is 30.1 Å². The summed E-state index contributed by atoms with van der Waals surface area (Å²) in [5, 5.41) is 22.0. The van der Waals surface area contributed by atoms with Crippen LogP contribution >= 0.6 is 0 Å². The molecular formula is C13H15N3O3. The predicted molar refractivity (Wildman–Crippen MR) is 69.4 cm³/mol. The van der Waals surface area contributed by atoms with Crippen LogP contribution < -0.4 is 5.32 Å². The largest absolute Gasteiger partial charge is 0.476 e. The summed E-state index contributed by atoms with van der Waals surface area (Å²) in [7, 11) is 0. The van der Waals surface area contributed by atoms with Gasteiger partial charge in [-0.1, -0.05) is 6.07 Å². The summed E-state index contributed by atoms with van der Waals surface area (Å²) in [6.07, 6.45) is 3.31. The molecule has 1 aliphatic rings. The maximum atomic E-state index is 11.3. The van der Waals surface area contributed by atoms with Crippen molar-refractivity contribution >= 4 is 17.4 Å². The van der Waals surface area contributed by atoms with Gasteiger partial charge in [0, 0.05) is 12.7 Å². The van der Waals surface area contributed by atoms with Crippen LogP contribution in [-0.2, 0) is 0 Å². The highest BCUT2D eigenvalue weighted by atomic mass is 16.4. The summed E-state index contributed by atoms with van der Waals surface area (Å²) in [5.74, 6) is -0.390. The fourth-order valence-corrected chi connectivity index (χ4v) is 2.17. The second-order valence-corrected chi connectivity index (χ2v) is 4.83. The molecule has 6 heteroatoms. The topological polar surface area (TPSA) is 86.9 Å². The van der Waals surface area contributed by atoms with Gasteiger partial charge in [0.25, 0.3) is 0 Å². The van der Waals surface area contributed by atoms with Crippen LogP contribution in [0.5, 0.6) is 0 Å². The third-order valence-corrected chi connectivity index (χ3v) is 3.38. The van der Waals surface area contributed by atoms with Crippen LogP contribution in [0, 0.1) is 5.92 Å². The van der Waals surface area contributed by atoms with Gasteiger partial charge >= 0.3 is 5.97 Å². The standard InChI is InChI=1S/C13H15N3O3/c17-9(8-4-5-8)7-14-12-11(13(18)19)16-6-2-1-3-10(16)15-12/h1-3,6,8-9,14,17H,4-5,7H2,(H,18,19). The summed E-state index contributed by atoms with van der Waals surface area (Å²) < 4.78 is 1.52. The molecule has 1 saturated carbocycles. The lowest BCUT2D eigenvalue weighted by Crippen LogP contribution is -2.22. The van der Waals surface area contributed by atoms with E-state index in [1.54, 1.807) is 24.4 Å². The Kier molecular flexibility index (Phi) is 2.87. The number of pyridine rings is 1. The quantitative estimate of drug-likeness (QED) is 0.753. The average Bonchev–Trinajstić information content (AvgIpc) is 3.16. The number of hydrogen-bond acceptors (Lipinski definition) is 4. The van der Waals surface area contributed by atoms with E-state index in [4.69, 9.17) is 0 Å². The van der Waals surface area contributed by atoms with Gasteiger partial charge in [-0.3, -0.25) is 4.40 Å². The molecule has 3 N–H and O–H groups in total. The van der Waals surface area contributed by atoms with Gasteiger partial charge < -0.3 is 15.5 Å². The molecule has 19 heavy (non-hydrogen) atoms. The first-order valence-corrected chi connectivity index (χ1v) is 6.29. The molecule has 1 atom stereocenters. The Morgan fingerprint density at radius 3 is 3.00 bits per heavy atom. The first-order chi connectivity index (χ1) is 9.16. The van der Waals surface area contributed by atoms with Crippen LogP contribution in [0.25, 0.3) is 5.65 Å². The van der Waals surface area contributed by atoms with E-state index < -0.39 is 12.1 Å². The molecule has 6 nitrogen and oxygen atoms in total. The van der Waals surface area contributed by atoms with E-state index in [-0.39, 0.29) is 5.69 Å². The van der Waals surface area contributed by atoms with Gasteiger partial charge in [-0.15, -0.1) is 0 Å². The molecule has 0 amide bonds. The Morgan fingerprint density at radius 2 is 2.32 bits per heavy atom. The number of aliphatic hydroxyl groups is 1. The first-order valence-electron chi connectivity index (χ1n) is 6.29. The SMILES string of the molecule is O=C(O)c1c(NCC(O)C2CC2)nc2ccccn12. The number of carboxylic acid groups (broad SMARTS) is 1. The molecule has 0 aliphatic heterocycles. The summed E-state index contributed by atoms with van der Waals surface area (Å²) >= 11 is 0. The predicted octanol–water partition coefficient (Wildman–Crippen LogP) is 1.22. The number of fused-ring (bicyclic) bond motifs is 1. The lowest BCUT2D eigenvalue weighted by atomic mass is 10.2. The molecule has 1 fully saturated rings. The first kappa shape index (κ1) is 12.0. The fourth-order valence-electron chi connectivity index (χ4n) is 2.17. The van der Waals surface area contributed by atoms with E-state index in [1.165, 1.54) is 4.40 Å². The van der Waals surface area contributed by atoms with Crippen LogP contribution in [0.1, 0.15) is 23.3 Å². The summed E-state index contributed by atoms with van der Waals surface area (Å²) in [4.78, 5) is 15.6. The molecule has 0 radical (unpaired) electrons. The minimum atomic E-state index is -1.04. The minimum Gasteiger partial charge on any atom is -0.476 e. The number of hydrogen-bond donors (Lipinski definition) is 3. The van der Waals surface area contributed by atoms with Gasteiger partial charge in [0.15, 0.2) is 11.5 Å². The fraction of sp³-hybridized carbons (Fsp3) is 0.385. The number of carboxylic acids is 1. The summed E-state index contributed by atoms with van der Waals surface area (Å²) in [6.45, 7) is 0.328. The molecule has 0 spiro atoms. The Balaban J connectivity index is 1.88. The van der Waals surface area contributed by atoms with Gasteiger partial charge in [-0.05, 0) is 30.9 Å². The minimum absolute atomic E-state index is 0.0959. The number of aromatic nitrogens is 2. The Hall–Kier alpha value is -2.08. The van der Waals surface area contributed by atoms with Crippen molar-refractivity contribution in [3.8, 4) is 0 Å². The Bertz CT molecular complexity index is 619. The average molecular weight is 261 g/mol. The Morgan fingerprint density at radius 1 is 1.53 bits per heavy atom. The molecule has 100 valence electrons. The van der Waals surface area contributed by atoms with E-state index in [2.05, 4.69) is 10.3 Å². The Labute approximate surface area is 109 Å². The van der Waals surface area contributed by atoms with Gasteiger partial charge in [0.1, 0.15) is 5.65 Å². The molecule has 0 bridgehead atoms. The number of imidazole rings is 1.